The number of para-hydroxylation sites is 1. The van der Waals surface area contributed by atoms with Crippen LogP contribution >= 0.6 is 0 Å². The van der Waals surface area contributed by atoms with Crippen LogP contribution in [0.3, 0.4) is 0 Å². The molecule has 25 heavy (non-hydrogen) atoms. The Labute approximate surface area is 149 Å². The third-order valence-electron chi connectivity index (χ3n) is 4.77. The van der Waals surface area contributed by atoms with Crippen LogP contribution in [0.1, 0.15) is 24.0 Å². The van der Waals surface area contributed by atoms with Crippen molar-refractivity contribution in [1.82, 2.24) is 4.90 Å². The molecule has 0 spiro atoms. The Morgan fingerprint density at radius 1 is 1.12 bits per heavy atom. The number of nitrogen functional groups attached to an aromatic ring is 1. The second kappa shape index (κ2) is 8.67. The topological polar surface area (TPSA) is 55.6 Å². The molecule has 1 saturated heterocycles. The second-order valence-corrected chi connectivity index (χ2v) is 6.69. The Morgan fingerprint density at radius 2 is 1.88 bits per heavy atom. The Hall–Kier alpha value is -2.33. The molecule has 1 amide bonds. The largest absolute Gasteiger partial charge is 0.399 e. The van der Waals surface area contributed by atoms with Gasteiger partial charge in [0.25, 0.3) is 0 Å². The number of likely N-dealkylation sites (tertiary alicyclic amines) is 1. The van der Waals surface area contributed by atoms with E-state index in [0.29, 0.717) is 32.0 Å². The van der Waals surface area contributed by atoms with Crippen LogP contribution in [0.4, 0.5) is 5.69 Å². The van der Waals surface area contributed by atoms with Crippen molar-refractivity contribution in [2.45, 2.75) is 25.9 Å². The summed E-state index contributed by atoms with van der Waals surface area (Å²) in [5.74, 6) is 0.656. The Kier molecular flexibility index (Phi) is 6.07. The molecule has 132 valence electrons. The molecular formula is C21H26N2O2. The molecule has 1 unspecified atom stereocenters. The Bertz CT molecular complexity index is 687. The molecular weight excluding hydrogens is 312 g/mol. The standard InChI is InChI=1S/C21H26N2O2/c22-20-9-5-4-8-19(20)10-11-21(24)23-13-12-18(14-23)16-25-15-17-6-2-1-3-7-17/h1-9,18H,10-16,22H2. The molecule has 0 bridgehead atoms. The van der Waals surface area contributed by atoms with Crippen LogP contribution < -0.4 is 5.73 Å². The summed E-state index contributed by atoms with van der Waals surface area (Å²) < 4.78 is 5.82. The summed E-state index contributed by atoms with van der Waals surface area (Å²) in [7, 11) is 0. The Morgan fingerprint density at radius 3 is 2.68 bits per heavy atom. The number of nitrogens with two attached hydrogens (primary N) is 1. The summed E-state index contributed by atoms with van der Waals surface area (Å²) >= 11 is 0. The van der Waals surface area contributed by atoms with Crippen molar-refractivity contribution in [2.75, 3.05) is 25.4 Å². The summed E-state index contributed by atoms with van der Waals surface area (Å²) in [5, 5.41) is 0. The summed E-state index contributed by atoms with van der Waals surface area (Å²) in [6.45, 7) is 2.99. The minimum atomic E-state index is 0.216. The van der Waals surface area contributed by atoms with Crippen LogP contribution in [-0.2, 0) is 22.6 Å². The number of nitrogens with zero attached hydrogens (tertiary/aromatic N) is 1. The van der Waals surface area contributed by atoms with Crippen LogP contribution in [0.15, 0.2) is 54.6 Å². The van der Waals surface area contributed by atoms with Gasteiger partial charge in [0.15, 0.2) is 0 Å². The van der Waals surface area contributed by atoms with E-state index in [1.165, 1.54) is 5.56 Å². The van der Waals surface area contributed by atoms with Crippen molar-refractivity contribution < 1.29 is 9.53 Å². The molecule has 1 atom stereocenters. The molecule has 2 aromatic carbocycles. The van der Waals surface area contributed by atoms with Gasteiger partial charge >= 0.3 is 0 Å². The lowest BCUT2D eigenvalue weighted by Gasteiger charge is -2.17. The van der Waals surface area contributed by atoms with E-state index in [9.17, 15) is 4.79 Å². The number of rotatable bonds is 7. The van der Waals surface area contributed by atoms with E-state index in [2.05, 4.69) is 12.1 Å². The van der Waals surface area contributed by atoms with Crippen LogP contribution in [0.25, 0.3) is 0 Å². The van der Waals surface area contributed by atoms with Gasteiger partial charge in [0.2, 0.25) is 5.91 Å². The van der Waals surface area contributed by atoms with Crippen molar-refractivity contribution in [3.05, 3.63) is 65.7 Å². The van der Waals surface area contributed by atoms with Gasteiger partial charge in [0, 0.05) is 31.1 Å². The third-order valence-corrected chi connectivity index (χ3v) is 4.77. The summed E-state index contributed by atoms with van der Waals surface area (Å²) in [6, 6.07) is 17.9. The predicted octanol–water partition coefficient (Wildman–Crippen LogP) is 3.27. The van der Waals surface area contributed by atoms with Gasteiger partial charge in [-0.1, -0.05) is 48.5 Å². The van der Waals surface area contributed by atoms with E-state index in [1.807, 2.05) is 47.4 Å². The third kappa shape index (κ3) is 5.07. The SMILES string of the molecule is Nc1ccccc1CCC(=O)N1CCC(COCc2ccccc2)C1. The number of hydrogen-bond acceptors (Lipinski definition) is 3. The smallest absolute Gasteiger partial charge is 0.222 e. The average molecular weight is 338 g/mol. The molecule has 4 nitrogen and oxygen atoms in total. The molecule has 1 aliphatic heterocycles. The first-order chi connectivity index (χ1) is 12.2. The monoisotopic (exact) mass is 338 g/mol. The number of amides is 1. The zero-order valence-corrected chi connectivity index (χ0v) is 14.6. The van der Waals surface area contributed by atoms with Gasteiger partial charge in [0.05, 0.1) is 13.2 Å². The lowest BCUT2D eigenvalue weighted by atomic mass is 10.1. The molecule has 1 aliphatic rings. The zero-order valence-electron chi connectivity index (χ0n) is 14.6. The highest BCUT2D eigenvalue weighted by Crippen LogP contribution is 2.19. The highest BCUT2D eigenvalue weighted by molar-refractivity contribution is 5.77. The van der Waals surface area contributed by atoms with Crippen molar-refractivity contribution in [3.63, 3.8) is 0 Å². The molecule has 0 radical (unpaired) electrons. The fraction of sp³-hybridized carbons (Fsp3) is 0.381. The van der Waals surface area contributed by atoms with Crippen LogP contribution in [0, 0.1) is 5.92 Å². The zero-order chi connectivity index (χ0) is 17.5. The number of carbonyl (C=O) groups excluding carboxylic acids is 1. The van der Waals surface area contributed by atoms with Crippen molar-refractivity contribution in [2.24, 2.45) is 5.92 Å². The molecule has 3 rings (SSSR count). The highest BCUT2D eigenvalue weighted by atomic mass is 16.5. The summed E-state index contributed by atoms with van der Waals surface area (Å²) in [4.78, 5) is 14.4. The fourth-order valence-electron chi connectivity index (χ4n) is 3.27. The molecule has 0 aromatic heterocycles. The first-order valence-electron chi connectivity index (χ1n) is 8.95. The normalized spacial score (nSPS) is 17.0. The maximum atomic E-state index is 12.4. The van der Waals surface area contributed by atoms with E-state index in [-0.39, 0.29) is 5.91 Å². The number of benzene rings is 2. The molecule has 1 heterocycles. The van der Waals surface area contributed by atoms with Gasteiger partial charge in [-0.15, -0.1) is 0 Å². The maximum Gasteiger partial charge on any atom is 0.222 e. The minimum Gasteiger partial charge on any atom is -0.399 e. The van der Waals surface area contributed by atoms with Gasteiger partial charge in [-0.3, -0.25) is 4.79 Å². The lowest BCUT2D eigenvalue weighted by Crippen LogP contribution is -2.29. The first kappa shape index (κ1) is 17.5. The fourth-order valence-corrected chi connectivity index (χ4v) is 3.27. The van der Waals surface area contributed by atoms with E-state index >= 15 is 0 Å². The molecule has 2 N–H and O–H groups in total. The molecule has 2 aromatic rings. The summed E-state index contributed by atoms with van der Waals surface area (Å²) in [5.41, 5.74) is 8.95. The van der Waals surface area contributed by atoms with Crippen LogP contribution in [0.5, 0.6) is 0 Å². The van der Waals surface area contributed by atoms with E-state index < -0.39 is 0 Å². The molecule has 4 heteroatoms. The lowest BCUT2D eigenvalue weighted by molar-refractivity contribution is -0.130. The second-order valence-electron chi connectivity index (χ2n) is 6.69. The van der Waals surface area contributed by atoms with Gasteiger partial charge in [-0.25, -0.2) is 0 Å². The number of aryl methyl sites for hydroxylation is 1. The van der Waals surface area contributed by atoms with Gasteiger partial charge < -0.3 is 15.4 Å². The number of hydrogen-bond donors (Lipinski definition) is 1. The van der Waals surface area contributed by atoms with Crippen molar-refractivity contribution in [3.8, 4) is 0 Å². The van der Waals surface area contributed by atoms with Gasteiger partial charge in [0.1, 0.15) is 0 Å². The molecule has 1 fully saturated rings. The molecule has 0 saturated carbocycles. The predicted molar refractivity (Wildman–Crippen MR) is 100.0 cm³/mol. The van der Waals surface area contributed by atoms with Gasteiger partial charge in [-0.05, 0) is 30.0 Å². The van der Waals surface area contributed by atoms with E-state index in [4.69, 9.17) is 10.5 Å². The number of carbonyl (C=O) groups is 1. The maximum absolute atomic E-state index is 12.4. The van der Waals surface area contributed by atoms with Crippen LogP contribution in [0.2, 0.25) is 0 Å². The summed E-state index contributed by atoms with van der Waals surface area (Å²) in [6.07, 6.45) is 2.25. The van der Waals surface area contributed by atoms with Crippen LogP contribution in [-0.4, -0.2) is 30.5 Å². The Balaban J connectivity index is 1.38. The number of anilines is 1. The van der Waals surface area contributed by atoms with Gasteiger partial charge in [-0.2, -0.15) is 0 Å². The number of ether oxygens (including phenoxy) is 1. The first-order valence-corrected chi connectivity index (χ1v) is 8.95. The minimum absolute atomic E-state index is 0.216. The van der Waals surface area contributed by atoms with Crippen molar-refractivity contribution in [1.29, 1.82) is 0 Å². The molecule has 0 aliphatic carbocycles. The quantitative estimate of drug-likeness (QED) is 0.788. The van der Waals surface area contributed by atoms with Crippen molar-refractivity contribution >= 4 is 11.6 Å². The highest BCUT2D eigenvalue weighted by Gasteiger charge is 2.26. The van der Waals surface area contributed by atoms with E-state index in [1.54, 1.807) is 0 Å². The van der Waals surface area contributed by atoms with E-state index in [0.717, 1.165) is 30.8 Å². The average Bonchev–Trinajstić information content (AvgIpc) is 3.11.